The maximum atomic E-state index is 14.6. The van der Waals surface area contributed by atoms with Crippen LogP contribution in [0.3, 0.4) is 0 Å². The van der Waals surface area contributed by atoms with Gasteiger partial charge in [0.1, 0.15) is 17.6 Å². The Morgan fingerprint density at radius 1 is 1.12 bits per heavy atom. The van der Waals surface area contributed by atoms with Crippen LogP contribution in [0.4, 0.5) is 10.1 Å². The molecule has 0 spiro atoms. The molecule has 0 radical (unpaired) electrons. The lowest BCUT2D eigenvalue weighted by molar-refractivity contribution is -0.136. The zero-order valence-electron chi connectivity index (χ0n) is 17.4. The van der Waals surface area contributed by atoms with Gasteiger partial charge in [0.05, 0.1) is 23.4 Å². The Hall–Kier alpha value is -3.75. The molecule has 0 bridgehead atoms. The second kappa shape index (κ2) is 8.78. The normalized spacial score (nSPS) is 17.9. The van der Waals surface area contributed by atoms with Gasteiger partial charge in [0.25, 0.3) is 11.8 Å². The monoisotopic (exact) mass is 439 g/mol. The number of para-hydroxylation sites is 1. The second-order valence-corrected chi connectivity index (χ2v) is 7.72. The van der Waals surface area contributed by atoms with Gasteiger partial charge < -0.3 is 10.1 Å². The van der Waals surface area contributed by atoms with Gasteiger partial charge in [0, 0.05) is 13.0 Å². The summed E-state index contributed by atoms with van der Waals surface area (Å²) in [5, 5.41) is 5.06. The number of ether oxygens (including phenoxy) is 1. The van der Waals surface area contributed by atoms with Crippen molar-refractivity contribution in [1.82, 2.24) is 10.2 Å². The van der Waals surface area contributed by atoms with Crippen molar-refractivity contribution in [2.24, 2.45) is 0 Å². The van der Waals surface area contributed by atoms with Crippen molar-refractivity contribution in [2.45, 2.75) is 32.2 Å². The highest BCUT2D eigenvalue weighted by atomic mass is 19.1. The molecule has 166 valence electrons. The highest BCUT2D eigenvalue weighted by Gasteiger charge is 2.45. The summed E-state index contributed by atoms with van der Waals surface area (Å²) in [6.07, 6.45) is 0.653. The summed E-state index contributed by atoms with van der Waals surface area (Å²) in [5.74, 6) is -2.46. The summed E-state index contributed by atoms with van der Waals surface area (Å²) in [6.45, 7) is 2.76. The molecule has 1 fully saturated rings. The molecular weight excluding hydrogens is 417 g/mol. The Labute approximate surface area is 183 Å². The average molecular weight is 439 g/mol. The van der Waals surface area contributed by atoms with E-state index in [0.29, 0.717) is 19.6 Å². The first-order valence-corrected chi connectivity index (χ1v) is 10.3. The van der Waals surface area contributed by atoms with Crippen LogP contribution in [0.1, 0.15) is 45.5 Å². The number of nitrogens with one attached hydrogen (secondary N) is 2. The smallest absolute Gasteiger partial charge is 0.262 e. The van der Waals surface area contributed by atoms with Gasteiger partial charge in [-0.05, 0) is 43.5 Å². The minimum absolute atomic E-state index is 0.0234. The highest BCUT2D eigenvalue weighted by Crippen LogP contribution is 2.31. The van der Waals surface area contributed by atoms with Gasteiger partial charge in [-0.15, -0.1) is 0 Å². The molecule has 1 unspecified atom stereocenters. The van der Waals surface area contributed by atoms with Crippen LogP contribution in [0.5, 0.6) is 5.75 Å². The third-order valence-corrected chi connectivity index (χ3v) is 5.52. The number of nitrogens with zero attached hydrogens (tertiary/aromatic N) is 1. The molecule has 2 N–H and O–H groups in total. The van der Waals surface area contributed by atoms with E-state index >= 15 is 0 Å². The maximum absolute atomic E-state index is 14.6. The van der Waals surface area contributed by atoms with Crippen molar-refractivity contribution in [3.8, 4) is 5.75 Å². The Morgan fingerprint density at radius 2 is 1.84 bits per heavy atom. The Bertz CT molecular complexity index is 1120. The molecule has 2 aliphatic rings. The lowest BCUT2D eigenvalue weighted by Crippen LogP contribution is -2.54. The fraction of sp³-hybridized carbons (Fsp3) is 0.304. The molecule has 8 nitrogen and oxygen atoms in total. The van der Waals surface area contributed by atoms with Crippen molar-refractivity contribution in [3.63, 3.8) is 0 Å². The van der Waals surface area contributed by atoms with E-state index in [0.717, 1.165) is 22.3 Å². The number of rotatable bonds is 7. The van der Waals surface area contributed by atoms with Crippen molar-refractivity contribution in [3.05, 3.63) is 58.9 Å². The molecule has 2 aliphatic heterocycles. The second-order valence-electron chi connectivity index (χ2n) is 7.72. The van der Waals surface area contributed by atoms with Crippen molar-refractivity contribution in [2.75, 3.05) is 18.5 Å². The molecule has 1 atom stereocenters. The summed E-state index contributed by atoms with van der Waals surface area (Å²) in [6, 6.07) is 8.85. The molecule has 2 heterocycles. The number of hydrogen-bond donors (Lipinski definition) is 2. The van der Waals surface area contributed by atoms with E-state index in [1.54, 1.807) is 0 Å². The molecule has 4 amide bonds. The molecule has 9 heteroatoms. The zero-order chi connectivity index (χ0) is 22.8. The van der Waals surface area contributed by atoms with Crippen LogP contribution in [0, 0.1) is 12.7 Å². The number of carbonyl (C=O) groups is 4. The Morgan fingerprint density at radius 3 is 2.56 bits per heavy atom. The van der Waals surface area contributed by atoms with E-state index in [2.05, 4.69) is 10.6 Å². The van der Waals surface area contributed by atoms with Gasteiger partial charge in [-0.3, -0.25) is 29.4 Å². The van der Waals surface area contributed by atoms with E-state index in [-0.39, 0.29) is 29.7 Å². The number of amides is 4. The molecule has 0 aromatic heterocycles. The molecular formula is C23H22FN3O5. The quantitative estimate of drug-likeness (QED) is 0.507. The van der Waals surface area contributed by atoms with E-state index in [4.69, 9.17) is 4.74 Å². The molecule has 32 heavy (non-hydrogen) atoms. The largest absolute Gasteiger partial charge is 0.493 e. The van der Waals surface area contributed by atoms with E-state index < -0.39 is 35.5 Å². The SMILES string of the molecule is Cc1ccccc1OCCCNc1cc2c(cc1F)C(=O)N(C1CCC(=O)NC1=O)C2=O. The van der Waals surface area contributed by atoms with E-state index in [9.17, 15) is 23.6 Å². The van der Waals surface area contributed by atoms with Gasteiger partial charge in [-0.1, -0.05) is 18.2 Å². The number of hydrogen-bond acceptors (Lipinski definition) is 6. The highest BCUT2D eigenvalue weighted by molar-refractivity contribution is 6.23. The predicted octanol–water partition coefficient (Wildman–Crippen LogP) is 2.42. The molecule has 2 aromatic carbocycles. The third kappa shape index (κ3) is 4.05. The average Bonchev–Trinajstić information content (AvgIpc) is 2.99. The van der Waals surface area contributed by atoms with Crippen LogP contribution >= 0.6 is 0 Å². The van der Waals surface area contributed by atoms with Crippen LogP contribution in [0.2, 0.25) is 0 Å². The van der Waals surface area contributed by atoms with Gasteiger partial charge in [-0.2, -0.15) is 0 Å². The minimum Gasteiger partial charge on any atom is -0.493 e. The van der Waals surface area contributed by atoms with Gasteiger partial charge in [-0.25, -0.2) is 4.39 Å². The van der Waals surface area contributed by atoms with Crippen LogP contribution in [0.25, 0.3) is 0 Å². The van der Waals surface area contributed by atoms with Crippen molar-refractivity contribution >= 4 is 29.3 Å². The maximum Gasteiger partial charge on any atom is 0.262 e. The first-order valence-electron chi connectivity index (χ1n) is 10.3. The van der Waals surface area contributed by atoms with Gasteiger partial charge in [0.2, 0.25) is 11.8 Å². The number of piperidine rings is 1. The standard InChI is InChI=1S/C23H22FN3O5/c1-13-5-2-3-6-19(13)32-10-4-9-25-17-12-15-14(11-16(17)24)22(30)27(23(15)31)18-7-8-20(28)26-21(18)29/h2-3,5-6,11-12,18,25H,4,7-10H2,1H3,(H,26,28,29). The molecule has 0 aliphatic carbocycles. The number of halogens is 1. The number of imide groups is 2. The lowest BCUT2D eigenvalue weighted by Gasteiger charge is -2.27. The van der Waals surface area contributed by atoms with Crippen LogP contribution in [-0.4, -0.2) is 47.7 Å². The van der Waals surface area contributed by atoms with E-state index in [1.807, 2.05) is 31.2 Å². The van der Waals surface area contributed by atoms with Crippen molar-refractivity contribution in [1.29, 1.82) is 0 Å². The summed E-state index contributed by atoms with van der Waals surface area (Å²) >= 11 is 0. The molecule has 4 rings (SSSR count). The van der Waals surface area contributed by atoms with Crippen LogP contribution < -0.4 is 15.4 Å². The summed E-state index contributed by atoms with van der Waals surface area (Å²) in [4.78, 5) is 49.8. The Kier molecular flexibility index (Phi) is 5.89. The molecule has 0 saturated carbocycles. The van der Waals surface area contributed by atoms with E-state index in [1.165, 1.54) is 6.07 Å². The fourth-order valence-corrected chi connectivity index (χ4v) is 3.82. The molecule has 1 saturated heterocycles. The Balaban J connectivity index is 1.40. The van der Waals surface area contributed by atoms with Crippen LogP contribution in [0.15, 0.2) is 36.4 Å². The summed E-state index contributed by atoms with van der Waals surface area (Å²) < 4.78 is 20.3. The third-order valence-electron chi connectivity index (χ3n) is 5.52. The first-order chi connectivity index (χ1) is 15.4. The lowest BCUT2D eigenvalue weighted by atomic mass is 10.0. The predicted molar refractivity (Wildman–Crippen MR) is 113 cm³/mol. The number of aryl methyl sites for hydroxylation is 1. The fourth-order valence-electron chi connectivity index (χ4n) is 3.82. The number of anilines is 1. The van der Waals surface area contributed by atoms with Gasteiger partial charge in [0.15, 0.2) is 0 Å². The van der Waals surface area contributed by atoms with Crippen LogP contribution in [-0.2, 0) is 9.59 Å². The first kappa shape index (κ1) is 21.5. The summed E-state index contributed by atoms with van der Waals surface area (Å²) in [5.41, 5.74) is 1.05. The topological polar surface area (TPSA) is 105 Å². The minimum atomic E-state index is -1.09. The van der Waals surface area contributed by atoms with Crippen molar-refractivity contribution < 1.29 is 28.3 Å². The number of benzene rings is 2. The number of fused-ring (bicyclic) bond motifs is 1. The number of carbonyl (C=O) groups excluding carboxylic acids is 4. The zero-order valence-corrected chi connectivity index (χ0v) is 17.4. The molecule has 2 aromatic rings. The summed E-state index contributed by atoms with van der Waals surface area (Å²) in [7, 11) is 0. The van der Waals surface area contributed by atoms with Gasteiger partial charge >= 0.3 is 0 Å².